The maximum Gasteiger partial charge on any atom is 0.246 e. The highest BCUT2D eigenvalue weighted by atomic mass is 19.1. The highest BCUT2D eigenvalue weighted by molar-refractivity contribution is 5.77. The molecule has 2 N–H and O–H groups in total. The number of amides is 1. The smallest absolute Gasteiger partial charge is 0.246 e. The van der Waals surface area contributed by atoms with Crippen LogP contribution >= 0.6 is 0 Å². The molecule has 1 aromatic carbocycles. The fourth-order valence-electron chi connectivity index (χ4n) is 2.81. The summed E-state index contributed by atoms with van der Waals surface area (Å²) in [4.78, 5) is 11.8. The van der Waals surface area contributed by atoms with Gasteiger partial charge in [-0.1, -0.05) is 31.9 Å². The third-order valence-electron chi connectivity index (χ3n) is 4.19. The van der Waals surface area contributed by atoms with Crippen LogP contribution in [-0.2, 0) is 9.53 Å². The normalized spacial score (nSPS) is 23.0. The Morgan fingerprint density at radius 1 is 1.45 bits per heavy atom. The van der Waals surface area contributed by atoms with Crippen molar-refractivity contribution in [3.63, 3.8) is 0 Å². The van der Waals surface area contributed by atoms with Gasteiger partial charge in [0.15, 0.2) is 0 Å². The minimum atomic E-state index is -0.923. The van der Waals surface area contributed by atoms with Gasteiger partial charge in [-0.15, -0.1) is 0 Å². The van der Waals surface area contributed by atoms with Crippen LogP contribution in [0.4, 0.5) is 4.39 Å². The Morgan fingerprint density at radius 3 is 2.95 bits per heavy atom. The van der Waals surface area contributed by atoms with E-state index in [0.29, 0.717) is 11.5 Å². The van der Waals surface area contributed by atoms with Crippen molar-refractivity contribution < 1.29 is 19.0 Å². The number of hydrogen-bond donors (Lipinski definition) is 2. The third kappa shape index (κ3) is 5.07. The first-order valence-corrected chi connectivity index (χ1v) is 7.88. The molecule has 3 atom stereocenters. The molecule has 122 valence electrons. The topological polar surface area (TPSA) is 58.6 Å². The van der Waals surface area contributed by atoms with Crippen molar-refractivity contribution in [3.8, 4) is 0 Å². The van der Waals surface area contributed by atoms with E-state index in [1.54, 1.807) is 6.07 Å². The molecule has 0 unspecified atom stereocenters. The van der Waals surface area contributed by atoms with E-state index in [0.717, 1.165) is 19.3 Å². The number of ether oxygens (including phenoxy) is 1. The van der Waals surface area contributed by atoms with E-state index in [4.69, 9.17) is 4.74 Å². The second-order valence-corrected chi connectivity index (χ2v) is 5.99. The molecule has 0 aliphatic heterocycles. The van der Waals surface area contributed by atoms with Crippen molar-refractivity contribution in [2.75, 3.05) is 13.2 Å². The van der Waals surface area contributed by atoms with Gasteiger partial charge in [-0.05, 0) is 36.5 Å². The molecule has 1 aliphatic carbocycles. The van der Waals surface area contributed by atoms with Crippen molar-refractivity contribution in [3.05, 3.63) is 35.6 Å². The summed E-state index contributed by atoms with van der Waals surface area (Å²) in [6.07, 6.45) is 3.74. The van der Waals surface area contributed by atoms with Gasteiger partial charge in [-0.25, -0.2) is 4.39 Å². The molecule has 22 heavy (non-hydrogen) atoms. The zero-order valence-electron chi connectivity index (χ0n) is 12.9. The number of rotatable bonds is 6. The summed E-state index contributed by atoms with van der Waals surface area (Å²) in [5, 5.41) is 12.5. The summed E-state index contributed by atoms with van der Waals surface area (Å²) < 4.78 is 18.7. The van der Waals surface area contributed by atoms with Crippen LogP contribution in [0.3, 0.4) is 0 Å². The molecular weight excluding hydrogens is 285 g/mol. The van der Waals surface area contributed by atoms with Crippen molar-refractivity contribution >= 4 is 5.91 Å². The maximum atomic E-state index is 13.1. The first-order chi connectivity index (χ1) is 10.6. The van der Waals surface area contributed by atoms with E-state index >= 15 is 0 Å². The van der Waals surface area contributed by atoms with Gasteiger partial charge in [-0.2, -0.15) is 0 Å². The number of nitrogens with one attached hydrogen (secondary N) is 1. The average molecular weight is 309 g/mol. The summed E-state index contributed by atoms with van der Waals surface area (Å²) in [5.74, 6) is -0.176. The predicted molar refractivity (Wildman–Crippen MR) is 81.7 cm³/mol. The highest BCUT2D eigenvalue weighted by Crippen LogP contribution is 2.26. The molecule has 1 saturated carbocycles. The van der Waals surface area contributed by atoms with Crippen LogP contribution in [0.5, 0.6) is 0 Å². The lowest BCUT2D eigenvalue weighted by Crippen LogP contribution is -2.35. The Hall–Kier alpha value is -1.46. The van der Waals surface area contributed by atoms with E-state index < -0.39 is 11.9 Å². The van der Waals surface area contributed by atoms with Gasteiger partial charge < -0.3 is 15.2 Å². The number of hydrogen-bond acceptors (Lipinski definition) is 3. The molecule has 1 fully saturated rings. The lowest BCUT2D eigenvalue weighted by molar-refractivity contribution is -0.130. The number of benzene rings is 1. The van der Waals surface area contributed by atoms with Crippen molar-refractivity contribution in [1.29, 1.82) is 0 Å². The molecule has 0 saturated heterocycles. The number of aliphatic hydroxyl groups excluding tert-OH is 1. The minimum absolute atomic E-state index is 0.00484. The summed E-state index contributed by atoms with van der Waals surface area (Å²) in [5.41, 5.74) is 0.446. The zero-order valence-corrected chi connectivity index (χ0v) is 12.9. The Balaban J connectivity index is 1.71. The maximum absolute atomic E-state index is 13.1. The highest BCUT2D eigenvalue weighted by Gasteiger charge is 2.22. The van der Waals surface area contributed by atoms with Gasteiger partial charge >= 0.3 is 0 Å². The summed E-state index contributed by atoms with van der Waals surface area (Å²) in [7, 11) is 0. The van der Waals surface area contributed by atoms with Gasteiger partial charge in [-0.3, -0.25) is 4.79 Å². The standard InChI is InChI=1S/C17H24FNO3/c1-12-5-2-3-8-16(12)22-11-17(21)19-10-15(20)13-6-4-7-14(18)9-13/h4,6-7,9,12,15-16,20H,2-3,5,8,10-11H2,1H3,(H,19,21)/t12-,15+,16+/m1/s1. The second-order valence-electron chi connectivity index (χ2n) is 5.99. The van der Waals surface area contributed by atoms with E-state index in [9.17, 15) is 14.3 Å². The lowest BCUT2D eigenvalue weighted by Gasteiger charge is -2.28. The van der Waals surface area contributed by atoms with Crippen LogP contribution in [0.2, 0.25) is 0 Å². The largest absolute Gasteiger partial charge is 0.387 e. The number of halogens is 1. The molecule has 4 nitrogen and oxygen atoms in total. The summed E-state index contributed by atoms with van der Waals surface area (Å²) in [6, 6.07) is 5.73. The SMILES string of the molecule is C[C@@H]1CCCC[C@@H]1OCC(=O)NC[C@H](O)c1cccc(F)c1. The molecule has 1 aliphatic rings. The van der Waals surface area contributed by atoms with Crippen molar-refractivity contribution in [2.24, 2.45) is 5.92 Å². The molecule has 0 radical (unpaired) electrons. The van der Waals surface area contributed by atoms with Gasteiger partial charge in [0.2, 0.25) is 5.91 Å². The quantitative estimate of drug-likeness (QED) is 0.849. The van der Waals surface area contributed by atoms with Crippen LogP contribution in [0.25, 0.3) is 0 Å². The Kier molecular flexibility index (Phi) is 6.34. The third-order valence-corrected chi connectivity index (χ3v) is 4.19. The zero-order chi connectivity index (χ0) is 15.9. The Bertz CT molecular complexity index is 495. The Morgan fingerprint density at radius 2 is 2.23 bits per heavy atom. The number of carbonyl (C=O) groups excluding carboxylic acids is 1. The van der Waals surface area contributed by atoms with Crippen LogP contribution in [-0.4, -0.2) is 30.3 Å². The molecule has 1 amide bonds. The van der Waals surface area contributed by atoms with Crippen LogP contribution in [0, 0.1) is 11.7 Å². The predicted octanol–water partition coefficient (Wildman–Crippen LogP) is 2.57. The fraction of sp³-hybridized carbons (Fsp3) is 0.588. The van der Waals surface area contributed by atoms with Crippen molar-refractivity contribution in [1.82, 2.24) is 5.32 Å². The number of aliphatic hydroxyl groups is 1. The van der Waals surface area contributed by atoms with E-state index in [1.807, 2.05) is 0 Å². The summed E-state index contributed by atoms with van der Waals surface area (Å²) >= 11 is 0. The van der Waals surface area contributed by atoms with Gasteiger partial charge in [0, 0.05) is 6.54 Å². The molecule has 2 rings (SSSR count). The summed E-state index contributed by atoms with van der Waals surface area (Å²) in [6.45, 7) is 2.20. The molecule has 1 aromatic rings. The van der Waals surface area contributed by atoms with E-state index in [1.165, 1.54) is 24.6 Å². The first-order valence-electron chi connectivity index (χ1n) is 7.88. The molecule has 0 aromatic heterocycles. The molecule has 0 spiro atoms. The van der Waals surface area contributed by atoms with Crippen LogP contribution < -0.4 is 5.32 Å². The van der Waals surface area contributed by atoms with Crippen molar-refractivity contribution in [2.45, 2.75) is 44.8 Å². The van der Waals surface area contributed by atoms with Crippen LogP contribution in [0.1, 0.15) is 44.3 Å². The van der Waals surface area contributed by atoms with E-state index in [2.05, 4.69) is 12.2 Å². The first kappa shape index (κ1) is 16.9. The molecule has 0 heterocycles. The molecule has 5 heteroatoms. The molecular formula is C17H24FNO3. The second kappa shape index (κ2) is 8.25. The average Bonchev–Trinajstić information content (AvgIpc) is 2.52. The fourth-order valence-corrected chi connectivity index (χ4v) is 2.81. The van der Waals surface area contributed by atoms with Crippen LogP contribution in [0.15, 0.2) is 24.3 Å². The monoisotopic (exact) mass is 309 g/mol. The van der Waals surface area contributed by atoms with Gasteiger partial charge in [0.1, 0.15) is 12.4 Å². The van der Waals surface area contributed by atoms with Gasteiger partial charge in [0.05, 0.1) is 12.2 Å². The Labute approximate surface area is 130 Å². The van der Waals surface area contributed by atoms with Gasteiger partial charge in [0.25, 0.3) is 0 Å². The number of carbonyl (C=O) groups is 1. The molecule has 0 bridgehead atoms. The van der Waals surface area contributed by atoms with E-state index in [-0.39, 0.29) is 25.2 Å². The lowest BCUT2D eigenvalue weighted by atomic mass is 9.88. The minimum Gasteiger partial charge on any atom is -0.387 e.